The Hall–Kier alpha value is -0.770. The van der Waals surface area contributed by atoms with Crippen molar-refractivity contribution in [2.75, 3.05) is 26.9 Å². The lowest BCUT2D eigenvalue weighted by molar-refractivity contribution is 0.0538. The molecule has 0 radical (unpaired) electrons. The highest BCUT2D eigenvalue weighted by Crippen LogP contribution is 2.35. The molecule has 1 saturated heterocycles. The molecule has 2 rings (SSSR count). The lowest BCUT2D eigenvalue weighted by atomic mass is 9.87. The monoisotopic (exact) mass is 283 g/mol. The van der Waals surface area contributed by atoms with Gasteiger partial charge in [0.05, 0.1) is 7.11 Å². The van der Waals surface area contributed by atoms with Crippen LogP contribution in [0.15, 0.2) is 18.2 Å². The zero-order valence-electron chi connectivity index (χ0n) is 11.6. The Labute approximate surface area is 120 Å². The summed E-state index contributed by atoms with van der Waals surface area (Å²) < 4.78 is 10.7. The maximum Gasteiger partial charge on any atom is 0.120 e. The molecule has 1 unspecified atom stereocenters. The van der Waals surface area contributed by atoms with E-state index in [0.29, 0.717) is 12.0 Å². The van der Waals surface area contributed by atoms with E-state index in [1.165, 1.54) is 0 Å². The minimum Gasteiger partial charge on any atom is -0.497 e. The van der Waals surface area contributed by atoms with Crippen LogP contribution in [0.3, 0.4) is 0 Å². The van der Waals surface area contributed by atoms with Crippen molar-refractivity contribution in [1.29, 1.82) is 0 Å². The standard InChI is InChI=1S/C15H22ClNO2/c1-3-17-15(11-6-8-19-9-7-11)13-5-4-12(18-2)10-14(13)16/h4-5,10-11,15,17H,3,6-9H2,1-2H3. The first-order valence-corrected chi connectivity index (χ1v) is 7.28. The number of benzene rings is 1. The third-order valence-corrected chi connectivity index (χ3v) is 4.03. The second-order valence-electron chi connectivity index (χ2n) is 4.87. The molecule has 1 atom stereocenters. The van der Waals surface area contributed by atoms with Gasteiger partial charge < -0.3 is 14.8 Å². The van der Waals surface area contributed by atoms with Crippen molar-refractivity contribution in [2.24, 2.45) is 5.92 Å². The molecule has 4 heteroatoms. The zero-order chi connectivity index (χ0) is 13.7. The summed E-state index contributed by atoms with van der Waals surface area (Å²) in [5.41, 5.74) is 1.16. The van der Waals surface area contributed by atoms with Crippen molar-refractivity contribution in [3.63, 3.8) is 0 Å². The van der Waals surface area contributed by atoms with Crippen molar-refractivity contribution in [3.8, 4) is 5.75 Å². The minimum absolute atomic E-state index is 0.298. The van der Waals surface area contributed by atoms with Gasteiger partial charge in [-0.3, -0.25) is 0 Å². The van der Waals surface area contributed by atoms with Crippen molar-refractivity contribution in [1.82, 2.24) is 5.32 Å². The Bertz CT molecular complexity index is 405. The van der Waals surface area contributed by atoms with Gasteiger partial charge in [0.2, 0.25) is 0 Å². The molecular weight excluding hydrogens is 262 g/mol. The summed E-state index contributed by atoms with van der Waals surface area (Å²) in [6.07, 6.45) is 2.17. The lowest BCUT2D eigenvalue weighted by Gasteiger charge is -2.31. The largest absolute Gasteiger partial charge is 0.497 e. The molecule has 3 nitrogen and oxygen atoms in total. The fourth-order valence-electron chi connectivity index (χ4n) is 2.69. The molecule has 0 amide bonds. The van der Waals surface area contributed by atoms with E-state index >= 15 is 0 Å². The SMILES string of the molecule is CCNC(c1ccc(OC)cc1Cl)C1CCOCC1. The smallest absolute Gasteiger partial charge is 0.120 e. The van der Waals surface area contributed by atoms with E-state index in [9.17, 15) is 0 Å². The topological polar surface area (TPSA) is 30.5 Å². The number of nitrogens with one attached hydrogen (secondary N) is 1. The fourth-order valence-corrected chi connectivity index (χ4v) is 2.97. The molecule has 1 aliphatic heterocycles. The molecule has 0 spiro atoms. The Morgan fingerprint density at radius 3 is 2.74 bits per heavy atom. The van der Waals surface area contributed by atoms with E-state index < -0.39 is 0 Å². The second-order valence-corrected chi connectivity index (χ2v) is 5.28. The summed E-state index contributed by atoms with van der Waals surface area (Å²) >= 11 is 6.41. The Morgan fingerprint density at radius 2 is 2.16 bits per heavy atom. The number of methoxy groups -OCH3 is 1. The molecule has 1 aliphatic rings. The molecule has 1 aromatic carbocycles. The van der Waals surface area contributed by atoms with Gasteiger partial charge in [-0.05, 0) is 43.0 Å². The summed E-state index contributed by atoms with van der Waals surface area (Å²) in [7, 11) is 1.66. The molecule has 1 heterocycles. The molecule has 0 aromatic heterocycles. The van der Waals surface area contributed by atoms with Crippen LogP contribution in [0.4, 0.5) is 0 Å². The van der Waals surface area contributed by atoms with Crippen LogP contribution in [-0.4, -0.2) is 26.9 Å². The molecule has 106 valence electrons. The third-order valence-electron chi connectivity index (χ3n) is 3.70. The number of ether oxygens (including phenoxy) is 2. The van der Waals surface area contributed by atoms with E-state index in [2.05, 4.69) is 18.3 Å². The molecular formula is C15H22ClNO2. The highest BCUT2D eigenvalue weighted by atomic mass is 35.5. The summed E-state index contributed by atoms with van der Waals surface area (Å²) in [4.78, 5) is 0. The number of hydrogen-bond donors (Lipinski definition) is 1. The molecule has 0 bridgehead atoms. The number of halogens is 1. The van der Waals surface area contributed by atoms with Gasteiger partial charge in [-0.2, -0.15) is 0 Å². The van der Waals surface area contributed by atoms with Crippen molar-refractivity contribution in [2.45, 2.75) is 25.8 Å². The lowest BCUT2D eigenvalue weighted by Crippen LogP contribution is -2.32. The normalized spacial score (nSPS) is 18.3. The molecule has 0 aliphatic carbocycles. The Morgan fingerprint density at radius 1 is 1.42 bits per heavy atom. The second kappa shape index (κ2) is 7.13. The fraction of sp³-hybridized carbons (Fsp3) is 0.600. The zero-order valence-corrected chi connectivity index (χ0v) is 12.4. The van der Waals surface area contributed by atoms with Gasteiger partial charge in [-0.25, -0.2) is 0 Å². The maximum atomic E-state index is 6.41. The first-order chi connectivity index (χ1) is 9.26. The predicted octanol–water partition coefficient (Wildman–Crippen LogP) is 3.43. The third kappa shape index (κ3) is 3.62. The van der Waals surface area contributed by atoms with Crippen LogP contribution in [-0.2, 0) is 4.74 Å². The van der Waals surface area contributed by atoms with E-state index in [0.717, 1.165) is 48.9 Å². The van der Waals surface area contributed by atoms with E-state index in [1.54, 1.807) is 7.11 Å². The first kappa shape index (κ1) is 14.6. The molecule has 1 aromatic rings. The predicted molar refractivity (Wildman–Crippen MR) is 78.0 cm³/mol. The summed E-state index contributed by atoms with van der Waals surface area (Å²) in [6.45, 7) is 4.76. The summed E-state index contributed by atoms with van der Waals surface area (Å²) in [5.74, 6) is 1.38. The molecule has 1 N–H and O–H groups in total. The van der Waals surface area contributed by atoms with Crippen molar-refractivity contribution < 1.29 is 9.47 Å². The Kier molecular flexibility index (Phi) is 5.49. The van der Waals surface area contributed by atoms with E-state index in [1.807, 2.05) is 12.1 Å². The van der Waals surface area contributed by atoms with Crippen LogP contribution < -0.4 is 10.1 Å². The first-order valence-electron chi connectivity index (χ1n) is 6.90. The van der Waals surface area contributed by atoms with Gasteiger partial charge in [0.15, 0.2) is 0 Å². The van der Waals surface area contributed by atoms with Crippen LogP contribution in [0, 0.1) is 5.92 Å². The van der Waals surface area contributed by atoms with E-state index in [4.69, 9.17) is 21.1 Å². The Balaban J connectivity index is 2.22. The van der Waals surface area contributed by atoms with Crippen LogP contribution in [0.2, 0.25) is 5.02 Å². The van der Waals surface area contributed by atoms with E-state index in [-0.39, 0.29) is 0 Å². The van der Waals surface area contributed by atoms with Gasteiger partial charge >= 0.3 is 0 Å². The molecule has 0 saturated carbocycles. The van der Waals surface area contributed by atoms with Crippen LogP contribution in [0.1, 0.15) is 31.4 Å². The van der Waals surface area contributed by atoms with Crippen LogP contribution >= 0.6 is 11.6 Å². The highest BCUT2D eigenvalue weighted by molar-refractivity contribution is 6.31. The van der Waals surface area contributed by atoms with Gasteiger partial charge in [-0.1, -0.05) is 24.6 Å². The number of rotatable bonds is 5. The van der Waals surface area contributed by atoms with Crippen molar-refractivity contribution >= 4 is 11.6 Å². The quantitative estimate of drug-likeness (QED) is 0.898. The van der Waals surface area contributed by atoms with Gasteiger partial charge in [-0.15, -0.1) is 0 Å². The van der Waals surface area contributed by atoms with Gasteiger partial charge in [0.1, 0.15) is 5.75 Å². The van der Waals surface area contributed by atoms with Crippen molar-refractivity contribution in [3.05, 3.63) is 28.8 Å². The summed E-state index contributed by atoms with van der Waals surface area (Å²) in [6, 6.07) is 6.24. The highest BCUT2D eigenvalue weighted by Gasteiger charge is 2.26. The number of hydrogen-bond acceptors (Lipinski definition) is 3. The minimum atomic E-state index is 0.298. The van der Waals surface area contributed by atoms with Gasteiger partial charge in [0.25, 0.3) is 0 Å². The molecule has 1 fully saturated rings. The van der Waals surface area contributed by atoms with Crippen LogP contribution in [0.25, 0.3) is 0 Å². The molecule has 19 heavy (non-hydrogen) atoms. The maximum absolute atomic E-state index is 6.41. The average Bonchev–Trinajstić information content (AvgIpc) is 2.46. The summed E-state index contributed by atoms with van der Waals surface area (Å²) in [5, 5.41) is 4.34. The van der Waals surface area contributed by atoms with Gasteiger partial charge in [0, 0.05) is 24.3 Å². The average molecular weight is 284 g/mol. The van der Waals surface area contributed by atoms with Crippen LogP contribution in [0.5, 0.6) is 5.75 Å².